The molecule has 146 valence electrons. The maximum absolute atomic E-state index is 13.1. The number of halogens is 1. The van der Waals surface area contributed by atoms with Gasteiger partial charge in [-0.05, 0) is 61.4 Å². The first-order chi connectivity index (χ1) is 13.6. The van der Waals surface area contributed by atoms with Crippen LogP contribution in [0.4, 0.5) is 4.39 Å². The average molecular weight is 381 g/mol. The highest BCUT2D eigenvalue weighted by Crippen LogP contribution is 2.40. The fourth-order valence-electron chi connectivity index (χ4n) is 4.45. The molecule has 2 aromatic rings. The molecule has 0 N–H and O–H groups in total. The summed E-state index contributed by atoms with van der Waals surface area (Å²) in [6.07, 6.45) is 3.28. The lowest BCUT2D eigenvalue weighted by atomic mass is 9.91. The second kappa shape index (κ2) is 8.23. The van der Waals surface area contributed by atoms with Crippen LogP contribution in [0.3, 0.4) is 0 Å². The van der Waals surface area contributed by atoms with E-state index in [1.807, 2.05) is 30.3 Å². The van der Waals surface area contributed by atoms with Gasteiger partial charge in [0.25, 0.3) is 5.91 Å². The van der Waals surface area contributed by atoms with Crippen LogP contribution in [0.25, 0.3) is 0 Å². The molecule has 0 radical (unpaired) electrons. The van der Waals surface area contributed by atoms with Gasteiger partial charge in [0, 0.05) is 18.0 Å². The van der Waals surface area contributed by atoms with E-state index in [1.54, 1.807) is 0 Å². The van der Waals surface area contributed by atoms with Crippen molar-refractivity contribution in [2.75, 3.05) is 6.54 Å². The highest BCUT2D eigenvalue weighted by atomic mass is 19.1. The number of nitrogens with zero attached hydrogens (tertiary/aromatic N) is 1. The first-order valence-electron chi connectivity index (χ1n) is 9.90. The van der Waals surface area contributed by atoms with Gasteiger partial charge in [0.2, 0.25) is 5.91 Å². The first-order valence-corrected chi connectivity index (χ1v) is 9.90. The lowest BCUT2D eigenvalue weighted by Crippen LogP contribution is -2.40. The molecule has 0 bridgehead atoms. The summed E-state index contributed by atoms with van der Waals surface area (Å²) in [5, 5.41) is 0. The highest BCUT2D eigenvalue weighted by molar-refractivity contribution is 6.05. The molecule has 1 aliphatic carbocycles. The summed E-state index contributed by atoms with van der Waals surface area (Å²) >= 11 is 0. The molecule has 1 aliphatic heterocycles. The third-order valence-electron chi connectivity index (χ3n) is 5.90. The van der Waals surface area contributed by atoms with E-state index < -0.39 is 5.82 Å². The Bertz CT molecular complexity index is 837. The van der Waals surface area contributed by atoms with E-state index in [0.29, 0.717) is 18.7 Å². The number of hydrogen-bond donors (Lipinski definition) is 0. The molecule has 2 fully saturated rings. The van der Waals surface area contributed by atoms with Crippen LogP contribution in [0.5, 0.6) is 0 Å². The SMILES string of the molecule is O=C(c1ccc(F)cc1)N1CCCC2C(OCc3ccccc3)CCC2C1=O. The van der Waals surface area contributed by atoms with Gasteiger partial charge in [-0.3, -0.25) is 14.5 Å². The molecule has 28 heavy (non-hydrogen) atoms. The molecule has 4 rings (SSSR count). The minimum atomic E-state index is -0.395. The van der Waals surface area contributed by atoms with Crippen LogP contribution >= 0.6 is 0 Å². The maximum Gasteiger partial charge on any atom is 0.260 e. The van der Waals surface area contributed by atoms with Gasteiger partial charge >= 0.3 is 0 Å². The number of amides is 2. The lowest BCUT2D eigenvalue weighted by Gasteiger charge is -2.24. The van der Waals surface area contributed by atoms with Gasteiger partial charge in [-0.1, -0.05) is 30.3 Å². The van der Waals surface area contributed by atoms with Gasteiger partial charge in [0.15, 0.2) is 0 Å². The van der Waals surface area contributed by atoms with Gasteiger partial charge < -0.3 is 4.74 Å². The van der Waals surface area contributed by atoms with E-state index in [0.717, 1.165) is 31.2 Å². The smallest absolute Gasteiger partial charge is 0.260 e. The second-order valence-corrected chi connectivity index (χ2v) is 7.63. The Morgan fingerprint density at radius 2 is 1.79 bits per heavy atom. The van der Waals surface area contributed by atoms with Crippen molar-refractivity contribution in [1.29, 1.82) is 0 Å². The van der Waals surface area contributed by atoms with E-state index in [9.17, 15) is 14.0 Å². The number of ether oxygens (including phenoxy) is 1. The van der Waals surface area contributed by atoms with Gasteiger partial charge in [0.1, 0.15) is 5.82 Å². The van der Waals surface area contributed by atoms with E-state index in [2.05, 4.69) is 0 Å². The molecule has 0 spiro atoms. The van der Waals surface area contributed by atoms with Gasteiger partial charge in [-0.2, -0.15) is 0 Å². The zero-order chi connectivity index (χ0) is 19.5. The number of rotatable bonds is 4. The summed E-state index contributed by atoms with van der Waals surface area (Å²) < 4.78 is 19.3. The molecule has 1 saturated carbocycles. The largest absolute Gasteiger partial charge is 0.373 e. The summed E-state index contributed by atoms with van der Waals surface area (Å²) in [5.74, 6) is -0.857. The predicted octanol–water partition coefficient (Wildman–Crippen LogP) is 4.20. The average Bonchev–Trinajstić information content (AvgIpc) is 3.05. The van der Waals surface area contributed by atoms with Crippen molar-refractivity contribution in [3.63, 3.8) is 0 Å². The number of carbonyl (C=O) groups is 2. The van der Waals surface area contributed by atoms with Crippen LogP contribution in [0.15, 0.2) is 54.6 Å². The van der Waals surface area contributed by atoms with Crippen molar-refractivity contribution >= 4 is 11.8 Å². The van der Waals surface area contributed by atoms with Gasteiger partial charge in [-0.25, -0.2) is 4.39 Å². The Balaban J connectivity index is 1.44. The summed E-state index contributed by atoms with van der Waals surface area (Å²) in [7, 11) is 0. The minimum Gasteiger partial charge on any atom is -0.373 e. The zero-order valence-corrected chi connectivity index (χ0v) is 15.7. The number of carbonyl (C=O) groups excluding carboxylic acids is 2. The molecule has 1 saturated heterocycles. The monoisotopic (exact) mass is 381 g/mol. The molecule has 2 aromatic carbocycles. The van der Waals surface area contributed by atoms with E-state index >= 15 is 0 Å². The Morgan fingerprint density at radius 3 is 2.54 bits per heavy atom. The topological polar surface area (TPSA) is 46.6 Å². The molecule has 2 amide bonds. The molecule has 4 nitrogen and oxygen atoms in total. The lowest BCUT2D eigenvalue weighted by molar-refractivity contribution is -0.133. The molecule has 0 aromatic heterocycles. The molecule has 5 heteroatoms. The zero-order valence-electron chi connectivity index (χ0n) is 15.7. The van der Waals surface area contributed by atoms with Crippen LogP contribution in [0.1, 0.15) is 41.6 Å². The molecule has 3 unspecified atom stereocenters. The predicted molar refractivity (Wildman–Crippen MR) is 103 cm³/mol. The van der Waals surface area contributed by atoms with E-state index in [1.165, 1.54) is 29.2 Å². The number of benzene rings is 2. The normalized spacial score (nSPS) is 24.7. The van der Waals surface area contributed by atoms with Gasteiger partial charge in [0.05, 0.1) is 12.7 Å². The third kappa shape index (κ3) is 3.85. The standard InChI is InChI=1S/C23H24FNO3/c24-18-10-8-17(9-11-18)22(26)25-14-4-7-19-20(23(25)27)12-13-21(19)28-15-16-5-2-1-3-6-16/h1-3,5-6,8-11,19-21H,4,7,12-15H2. The fourth-order valence-corrected chi connectivity index (χ4v) is 4.45. The Labute approximate surface area is 164 Å². The first kappa shape index (κ1) is 18.8. The van der Waals surface area contributed by atoms with Crippen molar-refractivity contribution in [2.24, 2.45) is 11.8 Å². The molecular formula is C23H24FNO3. The van der Waals surface area contributed by atoms with Crippen molar-refractivity contribution in [3.8, 4) is 0 Å². The second-order valence-electron chi connectivity index (χ2n) is 7.63. The van der Waals surface area contributed by atoms with Crippen LogP contribution in [-0.2, 0) is 16.1 Å². The van der Waals surface area contributed by atoms with Crippen molar-refractivity contribution in [1.82, 2.24) is 4.90 Å². The summed E-state index contributed by atoms with van der Waals surface area (Å²) in [6.45, 7) is 0.953. The van der Waals surface area contributed by atoms with Gasteiger partial charge in [-0.15, -0.1) is 0 Å². The quantitative estimate of drug-likeness (QED) is 0.746. The summed E-state index contributed by atoms with van der Waals surface area (Å²) in [6, 6.07) is 15.4. The Morgan fingerprint density at radius 1 is 1.04 bits per heavy atom. The number of imide groups is 1. The van der Waals surface area contributed by atoms with E-state index in [-0.39, 0.29) is 29.8 Å². The molecular weight excluding hydrogens is 357 g/mol. The van der Waals surface area contributed by atoms with Crippen LogP contribution in [0.2, 0.25) is 0 Å². The van der Waals surface area contributed by atoms with E-state index in [4.69, 9.17) is 4.74 Å². The molecule has 1 heterocycles. The highest BCUT2D eigenvalue weighted by Gasteiger charge is 2.45. The van der Waals surface area contributed by atoms with Crippen LogP contribution in [0, 0.1) is 17.7 Å². The Kier molecular flexibility index (Phi) is 5.53. The maximum atomic E-state index is 13.1. The molecule has 2 aliphatic rings. The van der Waals surface area contributed by atoms with Crippen LogP contribution < -0.4 is 0 Å². The summed E-state index contributed by atoms with van der Waals surface area (Å²) in [4.78, 5) is 27.3. The number of likely N-dealkylation sites (tertiary alicyclic amines) is 1. The van der Waals surface area contributed by atoms with Crippen molar-refractivity contribution < 1.29 is 18.7 Å². The molecule has 3 atom stereocenters. The fraction of sp³-hybridized carbons (Fsp3) is 0.391. The summed E-state index contributed by atoms with van der Waals surface area (Å²) in [5.41, 5.74) is 1.47. The van der Waals surface area contributed by atoms with Crippen molar-refractivity contribution in [2.45, 2.75) is 38.4 Å². The van der Waals surface area contributed by atoms with Crippen molar-refractivity contribution in [3.05, 3.63) is 71.5 Å². The number of fused-ring (bicyclic) bond motifs is 1. The third-order valence-corrected chi connectivity index (χ3v) is 5.90. The number of hydrogen-bond acceptors (Lipinski definition) is 3. The Hall–Kier alpha value is -2.53. The van der Waals surface area contributed by atoms with Crippen LogP contribution in [-0.4, -0.2) is 29.4 Å². The minimum absolute atomic E-state index is 0.0510.